The molecule has 1 aliphatic heterocycles. The first-order valence-electron chi connectivity index (χ1n) is 9.57. The fourth-order valence-electron chi connectivity index (χ4n) is 3.13. The van der Waals surface area contributed by atoms with Gasteiger partial charge in [-0.2, -0.15) is 5.26 Å². The van der Waals surface area contributed by atoms with Crippen molar-refractivity contribution in [1.82, 2.24) is 10.2 Å². The number of anilines is 1. The van der Waals surface area contributed by atoms with E-state index in [1.807, 2.05) is 0 Å². The van der Waals surface area contributed by atoms with Gasteiger partial charge in [0, 0.05) is 29.7 Å². The molecule has 1 heterocycles. The molecule has 3 rings (SSSR count). The van der Waals surface area contributed by atoms with Gasteiger partial charge in [0.1, 0.15) is 6.42 Å². The lowest BCUT2D eigenvalue weighted by molar-refractivity contribution is -0.120. The summed E-state index contributed by atoms with van der Waals surface area (Å²) in [5.41, 5.74) is 2.18. The van der Waals surface area contributed by atoms with E-state index < -0.39 is 0 Å². The normalized spacial score (nSPS) is 12.3. The van der Waals surface area contributed by atoms with Gasteiger partial charge in [-0.1, -0.05) is 28.1 Å². The average Bonchev–Trinajstić information content (AvgIpc) is 2.97. The third-order valence-corrected chi connectivity index (χ3v) is 5.18. The van der Waals surface area contributed by atoms with Crippen LogP contribution >= 0.6 is 15.9 Å². The predicted octanol–water partition coefficient (Wildman–Crippen LogP) is 2.99. The zero-order valence-electron chi connectivity index (χ0n) is 16.5. The SMILES string of the molecule is N#CCC(=O)NCc1ccc(NC(=O)CCCN2C(=O)c3ccc(Br)cc3C2=O)cc1. The lowest BCUT2D eigenvalue weighted by atomic mass is 10.1. The first-order chi connectivity index (χ1) is 14.9. The van der Waals surface area contributed by atoms with E-state index in [0.29, 0.717) is 29.8 Å². The van der Waals surface area contributed by atoms with Crippen LogP contribution in [0.25, 0.3) is 0 Å². The summed E-state index contributed by atoms with van der Waals surface area (Å²) in [6.07, 6.45) is 0.316. The van der Waals surface area contributed by atoms with Crippen molar-refractivity contribution in [3.63, 3.8) is 0 Å². The molecule has 2 aromatic carbocycles. The number of hydrogen-bond acceptors (Lipinski definition) is 5. The molecule has 9 heteroatoms. The molecule has 0 bridgehead atoms. The van der Waals surface area contributed by atoms with Gasteiger partial charge in [-0.15, -0.1) is 0 Å². The largest absolute Gasteiger partial charge is 0.351 e. The van der Waals surface area contributed by atoms with Crippen LogP contribution in [0.5, 0.6) is 0 Å². The van der Waals surface area contributed by atoms with E-state index in [0.717, 1.165) is 10.0 Å². The van der Waals surface area contributed by atoms with Gasteiger partial charge in [-0.05, 0) is 42.3 Å². The minimum Gasteiger partial charge on any atom is -0.351 e. The van der Waals surface area contributed by atoms with E-state index >= 15 is 0 Å². The Hall–Kier alpha value is -3.51. The Morgan fingerprint density at radius 1 is 1.00 bits per heavy atom. The molecule has 0 atom stereocenters. The Morgan fingerprint density at radius 2 is 1.71 bits per heavy atom. The lowest BCUT2D eigenvalue weighted by Crippen LogP contribution is -2.31. The molecule has 158 valence electrons. The molecule has 0 spiro atoms. The second-order valence-corrected chi connectivity index (χ2v) is 7.83. The maximum Gasteiger partial charge on any atom is 0.261 e. The third-order valence-electron chi connectivity index (χ3n) is 4.69. The Bertz CT molecular complexity index is 1080. The van der Waals surface area contributed by atoms with E-state index in [9.17, 15) is 19.2 Å². The number of nitriles is 1. The maximum atomic E-state index is 12.4. The van der Waals surface area contributed by atoms with Crippen molar-refractivity contribution < 1.29 is 19.2 Å². The van der Waals surface area contributed by atoms with Crippen LogP contribution in [0.1, 0.15) is 45.5 Å². The zero-order valence-corrected chi connectivity index (χ0v) is 18.1. The molecule has 0 unspecified atom stereocenters. The molecule has 31 heavy (non-hydrogen) atoms. The summed E-state index contributed by atoms with van der Waals surface area (Å²) in [4.78, 5) is 49.5. The van der Waals surface area contributed by atoms with E-state index in [1.54, 1.807) is 48.5 Å². The Labute approximate surface area is 187 Å². The molecule has 0 saturated carbocycles. The number of nitrogens with zero attached hydrogens (tertiary/aromatic N) is 2. The van der Waals surface area contributed by atoms with Crippen LogP contribution in [-0.2, 0) is 16.1 Å². The van der Waals surface area contributed by atoms with Crippen molar-refractivity contribution in [3.8, 4) is 6.07 Å². The Kier molecular flexibility index (Phi) is 7.15. The molecule has 2 aromatic rings. The number of carbonyl (C=O) groups is 4. The highest BCUT2D eigenvalue weighted by Crippen LogP contribution is 2.26. The van der Waals surface area contributed by atoms with Gasteiger partial charge in [0.05, 0.1) is 17.2 Å². The monoisotopic (exact) mass is 482 g/mol. The van der Waals surface area contributed by atoms with Crippen LogP contribution in [0.15, 0.2) is 46.9 Å². The Balaban J connectivity index is 1.45. The molecule has 4 amide bonds. The van der Waals surface area contributed by atoms with Gasteiger partial charge in [0.25, 0.3) is 11.8 Å². The van der Waals surface area contributed by atoms with E-state index in [4.69, 9.17) is 5.26 Å². The summed E-state index contributed by atoms with van der Waals surface area (Å²) < 4.78 is 0.726. The molecule has 1 aliphatic rings. The molecular weight excluding hydrogens is 464 g/mol. The number of imide groups is 1. The Morgan fingerprint density at radius 3 is 2.42 bits per heavy atom. The highest BCUT2D eigenvalue weighted by atomic mass is 79.9. The van der Waals surface area contributed by atoms with Crippen molar-refractivity contribution in [1.29, 1.82) is 5.26 Å². The van der Waals surface area contributed by atoms with Crippen LogP contribution in [0.2, 0.25) is 0 Å². The fraction of sp³-hybridized carbons (Fsp3) is 0.227. The number of amides is 4. The summed E-state index contributed by atoms with van der Waals surface area (Å²) in [7, 11) is 0. The molecule has 0 saturated heterocycles. The second kappa shape index (κ2) is 10.00. The maximum absolute atomic E-state index is 12.4. The first kappa shape index (κ1) is 22.2. The van der Waals surface area contributed by atoms with Crippen LogP contribution < -0.4 is 10.6 Å². The van der Waals surface area contributed by atoms with Crippen LogP contribution in [0, 0.1) is 11.3 Å². The number of halogens is 1. The van der Waals surface area contributed by atoms with Gasteiger partial charge in [0.15, 0.2) is 0 Å². The minimum atomic E-state index is -0.348. The number of nitrogens with one attached hydrogen (secondary N) is 2. The first-order valence-corrected chi connectivity index (χ1v) is 10.4. The molecule has 0 fully saturated rings. The zero-order chi connectivity index (χ0) is 22.4. The van der Waals surface area contributed by atoms with Crippen molar-refractivity contribution in [2.24, 2.45) is 0 Å². The standard InChI is InChI=1S/C22H19BrN4O4/c23-15-5-8-17-18(12-15)22(31)27(21(17)30)11-1-2-20(29)26-16-6-3-14(4-7-16)13-25-19(28)9-10-24/h3-8,12H,1-2,9,11,13H2,(H,25,28)(H,26,29). The average molecular weight is 483 g/mol. The van der Waals surface area contributed by atoms with Crippen molar-refractivity contribution in [2.45, 2.75) is 25.8 Å². The summed E-state index contributed by atoms with van der Waals surface area (Å²) in [5, 5.41) is 13.8. The van der Waals surface area contributed by atoms with Gasteiger partial charge >= 0.3 is 0 Å². The summed E-state index contributed by atoms with van der Waals surface area (Å²) >= 11 is 3.30. The van der Waals surface area contributed by atoms with Gasteiger partial charge in [0.2, 0.25) is 11.8 Å². The topological polar surface area (TPSA) is 119 Å². The van der Waals surface area contributed by atoms with Crippen LogP contribution in [-0.4, -0.2) is 35.1 Å². The van der Waals surface area contributed by atoms with Crippen molar-refractivity contribution in [2.75, 3.05) is 11.9 Å². The van der Waals surface area contributed by atoms with Gasteiger partial charge < -0.3 is 10.6 Å². The third kappa shape index (κ3) is 5.55. The van der Waals surface area contributed by atoms with Gasteiger partial charge in [-0.3, -0.25) is 24.1 Å². The van der Waals surface area contributed by atoms with E-state index in [1.165, 1.54) is 4.90 Å². The fourth-order valence-corrected chi connectivity index (χ4v) is 3.49. The second-order valence-electron chi connectivity index (χ2n) is 6.91. The quantitative estimate of drug-likeness (QED) is 0.560. The van der Waals surface area contributed by atoms with Crippen LogP contribution in [0.4, 0.5) is 5.69 Å². The number of rotatable bonds is 8. The number of carbonyl (C=O) groups excluding carboxylic acids is 4. The van der Waals surface area contributed by atoms with E-state index in [-0.39, 0.29) is 43.0 Å². The van der Waals surface area contributed by atoms with E-state index in [2.05, 4.69) is 26.6 Å². The summed E-state index contributed by atoms with van der Waals surface area (Å²) in [6, 6.07) is 13.7. The van der Waals surface area contributed by atoms with Gasteiger partial charge in [-0.25, -0.2) is 0 Å². The van der Waals surface area contributed by atoms with Crippen molar-refractivity contribution >= 4 is 45.2 Å². The molecule has 8 nitrogen and oxygen atoms in total. The molecule has 2 N–H and O–H groups in total. The molecule has 0 aliphatic carbocycles. The minimum absolute atomic E-state index is 0.156. The lowest BCUT2D eigenvalue weighted by Gasteiger charge is -2.13. The number of hydrogen-bond donors (Lipinski definition) is 2. The number of fused-ring (bicyclic) bond motifs is 1. The highest BCUT2D eigenvalue weighted by molar-refractivity contribution is 9.10. The molecule has 0 radical (unpaired) electrons. The highest BCUT2D eigenvalue weighted by Gasteiger charge is 2.35. The summed E-state index contributed by atoms with van der Waals surface area (Å²) in [6.45, 7) is 0.463. The van der Waals surface area contributed by atoms with Crippen LogP contribution in [0.3, 0.4) is 0 Å². The van der Waals surface area contributed by atoms with Crippen molar-refractivity contribution in [3.05, 3.63) is 63.6 Å². The molecular formula is C22H19BrN4O4. The predicted molar refractivity (Wildman–Crippen MR) is 116 cm³/mol. The number of benzene rings is 2. The molecule has 0 aromatic heterocycles. The summed E-state index contributed by atoms with van der Waals surface area (Å²) in [5.74, 6) is -1.26. The smallest absolute Gasteiger partial charge is 0.261 e.